The Morgan fingerprint density at radius 2 is 1.45 bits per heavy atom. The van der Waals surface area contributed by atoms with E-state index in [0.29, 0.717) is 6.42 Å². The van der Waals surface area contributed by atoms with Crippen LogP contribution in [0.15, 0.2) is 0 Å². The number of hydrogen-bond donors (Lipinski definition) is 1. The van der Waals surface area contributed by atoms with Crippen molar-refractivity contribution in [1.29, 1.82) is 0 Å². The first-order chi connectivity index (χ1) is 9.63. The molecule has 0 amide bonds. The van der Waals surface area contributed by atoms with Crippen LogP contribution in [0.4, 0.5) is 0 Å². The van der Waals surface area contributed by atoms with Gasteiger partial charge in [-0.3, -0.25) is 4.79 Å². The quantitative estimate of drug-likeness (QED) is 0.318. The summed E-state index contributed by atoms with van der Waals surface area (Å²) in [5.74, 6) is -1.17. The van der Waals surface area contributed by atoms with E-state index in [4.69, 9.17) is 0 Å². The molecule has 0 aliphatic rings. The van der Waals surface area contributed by atoms with Gasteiger partial charge in [0, 0.05) is 13.5 Å². The van der Waals surface area contributed by atoms with E-state index in [1.165, 1.54) is 52.0 Å². The lowest BCUT2D eigenvalue weighted by Crippen LogP contribution is -2.27. The average molecular weight is 285 g/mol. The molecular formula is C16H31NO3. The number of unbranched alkanes of at least 4 members (excludes halogenated alkanes) is 8. The second kappa shape index (κ2) is 13.1. The molecule has 0 aromatic carbocycles. The lowest BCUT2D eigenvalue weighted by molar-refractivity contribution is -0.156. The van der Waals surface area contributed by atoms with Gasteiger partial charge in [-0.1, -0.05) is 58.3 Å². The SMILES string of the molecule is CCCCCCCCCCCC(=O)C(C)C(=O)ONC. The molecule has 1 unspecified atom stereocenters. The highest BCUT2D eigenvalue weighted by molar-refractivity contribution is 5.98. The first-order valence-electron chi connectivity index (χ1n) is 8.03. The van der Waals surface area contributed by atoms with E-state index in [9.17, 15) is 9.59 Å². The number of ketones is 1. The van der Waals surface area contributed by atoms with Crippen LogP contribution in [-0.2, 0) is 14.4 Å². The molecule has 0 saturated heterocycles. The lowest BCUT2D eigenvalue weighted by atomic mass is 10.00. The summed E-state index contributed by atoms with van der Waals surface area (Å²) in [6, 6.07) is 0. The number of carbonyl (C=O) groups is 2. The minimum atomic E-state index is -0.656. The van der Waals surface area contributed by atoms with Crippen molar-refractivity contribution in [3.05, 3.63) is 0 Å². The molecule has 1 atom stereocenters. The Morgan fingerprint density at radius 3 is 1.95 bits per heavy atom. The van der Waals surface area contributed by atoms with Crippen LogP contribution in [0.3, 0.4) is 0 Å². The van der Waals surface area contributed by atoms with Crippen molar-refractivity contribution in [1.82, 2.24) is 5.48 Å². The maximum atomic E-state index is 11.7. The fourth-order valence-corrected chi connectivity index (χ4v) is 2.15. The molecule has 0 saturated carbocycles. The van der Waals surface area contributed by atoms with E-state index in [1.807, 2.05) is 0 Å². The van der Waals surface area contributed by atoms with Crippen LogP contribution in [0.5, 0.6) is 0 Å². The minimum absolute atomic E-state index is 0.0202. The molecule has 0 aliphatic heterocycles. The maximum absolute atomic E-state index is 11.7. The molecule has 1 N–H and O–H groups in total. The number of nitrogens with one attached hydrogen (secondary N) is 1. The van der Waals surface area contributed by atoms with Crippen molar-refractivity contribution in [2.45, 2.75) is 78.1 Å². The van der Waals surface area contributed by atoms with E-state index in [-0.39, 0.29) is 5.78 Å². The molecule has 0 rings (SSSR count). The van der Waals surface area contributed by atoms with Crippen molar-refractivity contribution in [2.75, 3.05) is 7.05 Å². The van der Waals surface area contributed by atoms with Crippen LogP contribution in [0.25, 0.3) is 0 Å². The van der Waals surface area contributed by atoms with Crippen LogP contribution < -0.4 is 5.48 Å². The highest BCUT2D eigenvalue weighted by atomic mass is 16.7. The van der Waals surface area contributed by atoms with Gasteiger partial charge in [0.05, 0.1) is 0 Å². The Labute approximate surface area is 123 Å². The highest BCUT2D eigenvalue weighted by Gasteiger charge is 2.22. The third kappa shape index (κ3) is 9.96. The maximum Gasteiger partial charge on any atom is 0.334 e. The third-order valence-corrected chi connectivity index (χ3v) is 3.57. The van der Waals surface area contributed by atoms with Gasteiger partial charge < -0.3 is 4.84 Å². The van der Waals surface area contributed by atoms with Gasteiger partial charge in [-0.25, -0.2) is 4.79 Å². The van der Waals surface area contributed by atoms with Crippen LogP contribution >= 0.6 is 0 Å². The number of rotatable bonds is 13. The van der Waals surface area contributed by atoms with E-state index < -0.39 is 11.9 Å². The number of carbonyl (C=O) groups excluding carboxylic acids is 2. The van der Waals surface area contributed by atoms with Crippen LogP contribution in [0, 0.1) is 5.92 Å². The molecule has 0 aliphatic carbocycles. The molecule has 0 aromatic rings. The van der Waals surface area contributed by atoms with Gasteiger partial charge in [0.25, 0.3) is 0 Å². The predicted molar refractivity (Wildman–Crippen MR) is 81.2 cm³/mol. The van der Waals surface area contributed by atoms with Gasteiger partial charge >= 0.3 is 5.97 Å². The summed E-state index contributed by atoms with van der Waals surface area (Å²) in [7, 11) is 1.51. The lowest BCUT2D eigenvalue weighted by Gasteiger charge is -2.08. The number of hydrogen-bond acceptors (Lipinski definition) is 4. The molecule has 0 heterocycles. The molecule has 0 radical (unpaired) electrons. The molecule has 4 nitrogen and oxygen atoms in total. The Balaban J connectivity index is 3.45. The summed E-state index contributed by atoms with van der Waals surface area (Å²) in [4.78, 5) is 27.7. The second-order valence-corrected chi connectivity index (χ2v) is 5.39. The molecule has 118 valence electrons. The second-order valence-electron chi connectivity index (χ2n) is 5.39. The van der Waals surface area contributed by atoms with Crippen LogP contribution in [0.1, 0.15) is 78.1 Å². The van der Waals surface area contributed by atoms with E-state index >= 15 is 0 Å². The first kappa shape index (κ1) is 19.1. The van der Waals surface area contributed by atoms with Crippen molar-refractivity contribution in [3.63, 3.8) is 0 Å². The summed E-state index contributed by atoms with van der Waals surface area (Å²) in [5, 5.41) is 0. The van der Waals surface area contributed by atoms with Crippen LogP contribution in [-0.4, -0.2) is 18.8 Å². The molecule has 0 spiro atoms. The Morgan fingerprint density at radius 1 is 0.950 bits per heavy atom. The zero-order valence-corrected chi connectivity index (χ0v) is 13.4. The van der Waals surface area contributed by atoms with Crippen molar-refractivity contribution < 1.29 is 14.4 Å². The molecule has 0 fully saturated rings. The fourth-order valence-electron chi connectivity index (χ4n) is 2.15. The standard InChI is InChI=1S/C16H31NO3/c1-4-5-6-7-8-9-10-11-12-13-15(18)14(2)16(19)20-17-3/h14,17H,4-13H2,1-3H3. The van der Waals surface area contributed by atoms with Crippen molar-refractivity contribution >= 4 is 11.8 Å². The van der Waals surface area contributed by atoms with Gasteiger partial charge in [0.15, 0.2) is 0 Å². The Bertz CT molecular complexity index is 266. The normalized spacial score (nSPS) is 12.2. The first-order valence-corrected chi connectivity index (χ1v) is 8.03. The Kier molecular flexibility index (Phi) is 12.5. The molecule has 20 heavy (non-hydrogen) atoms. The topological polar surface area (TPSA) is 55.4 Å². The molecule has 0 aromatic heterocycles. The largest absolute Gasteiger partial charge is 0.370 e. The highest BCUT2D eigenvalue weighted by Crippen LogP contribution is 2.12. The zero-order chi connectivity index (χ0) is 15.2. The van der Waals surface area contributed by atoms with Gasteiger partial charge in [-0.05, 0) is 13.3 Å². The smallest absolute Gasteiger partial charge is 0.334 e. The van der Waals surface area contributed by atoms with Crippen molar-refractivity contribution in [3.8, 4) is 0 Å². The van der Waals surface area contributed by atoms with Gasteiger partial charge in [0.2, 0.25) is 0 Å². The molecule has 4 heteroatoms. The van der Waals surface area contributed by atoms with Gasteiger partial charge in [0.1, 0.15) is 11.7 Å². The summed E-state index contributed by atoms with van der Waals surface area (Å²) in [6.45, 7) is 3.83. The average Bonchev–Trinajstić information content (AvgIpc) is 2.44. The zero-order valence-electron chi connectivity index (χ0n) is 13.4. The fraction of sp³-hybridized carbons (Fsp3) is 0.875. The summed E-state index contributed by atoms with van der Waals surface area (Å²) >= 11 is 0. The van der Waals surface area contributed by atoms with E-state index in [1.54, 1.807) is 6.92 Å². The monoisotopic (exact) mass is 285 g/mol. The third-order valence-electron chi connectivity index (χ3n) is 3.57. The summed E-state index contributed by atoms with van der Waals surface area (Å²) in [6.07, 6.45) is 11.5. The van der Waals surface area contributed by atoms with E-state index in [2.05, 4.69) is 17.2 Å². The van der Waals surface area contributed by atoms with Gasteiger partial charge in [-0.2, -0.15) is 5.48 Å². The van der Waals surface area contributed by atoms with Gasteiger partial charge in [-0.15, -0.1) is 0 Å². The summed E-state index contributed by atoms with van der Waals surface area (Å²) in [5.41, 5.74) is 2.31. The van der Waals surface area contributed by atoms with Crippen molar-refractivity contribution in [2.24, 2.45) is 5.92 Å². The van der Waals surface area contributed by atoms with Crippen LogP contribution in [0.2, 0.25) is 0 Å². The number of hydroxylamine groups is 1. The molecule has 0 bridgehead atoms. The Hall–Kier alpha value is -0.900. The minimum Gasteiger partial charge on any atom is -0.370 e. The summed E-state index contributed by atoms with van der Waals surface area (Å²) < 4.78 is 0. The predicted octanol–water partition coefficient (Wildman–Crippen LogP) is 3.79. The molecular weight excluding hydrogens is 254 g/mol. The van der Waals surface area contributed by atoms with E-state index in [0.717, 1.165) is 12.8 Å². The number of Topliss-reactive ketones (excluding diaryl/α,β-unsaturated/α-hetero) is 1.